The minimum atomic E-state index is 0.375. The molecule has 5 nitrogen and oxygen atoms in total. The van der Waals surface area contributed by atoms with Crippen molar-refractivity contribution < 1.29 is 0 Å². The van der Waals surface area contributed by atoms with E-state index in [9.17, 15) is 0 Å². The van der Waals surface area contributed by atoms with E-state index in [2.05, 4.69) is 75.1 Å². The lowest BCUT2D eigenvalue weighted by molar-refractivity contribution is 0.245. The summed E-state index contributed by atoms with van der Waals surface area (Å²) in [7, 11) is 1.82. The van der Waals surface area contributed by atoms with E-state index in [1.807, 2.05) is 7.05 Å². The molecule has 0 bridgehead atoms. The van der Waals surface area contributed by atoms with Crippen molar-refractivity contribution in [2.45, 2.75) is 45.2 Å². The van der Waals surface area contributed by atoms with Gasteiger partial charge in [-0.2, -0.15) is 0 Å². The molecule has 1 unspecified atom stereocenters. The summed E-state index contributed by atoms with van der Waals surface area (Å²) in [4.78, 5) is 11.7. The van der Waals surface area contributed by atoms with Gasteiger partial charge in [-0.25, -0.2) is 4.98 Å². The molecule has 1 aromatic heterocycles. The van der Waals surface area contributed by atoms with Crippen LogP contribution in [0.15, 0.2) is 40.7 Å². The van der Waals surface area contributed by atoms with Crippen LogP contribution in [0.25, 0.3) is 0 Å². The number of guanidine groups is 1. The average molecular weight is 386 g/mol. The molecule has 3 rings (SSSR count). The Kier molecular flexibility index (Phi) is 7.24. The van der Waals surface area contributed by atoms with Gasteiger partial charge in [0.15, 0.2) is 5.96 Å². The normalized spacial score (nSPS) is 16.7. The maximum Gasteiger partial charge on any atom is 0.191 e. The third-order valence-electron chi connectivity index (χ3n) is 5.02. The van der Waals surface area contributed by atoms with E-state index in [0.717, 1.165) is 23.2 Å². The molecule has 0 amide bonds. The topological polar surface area (TPSA) is 52.6 Å². The molecule has 0 saturated carbocycles. The Bertz CT molecular complexity index is 719. The number of likely N-dealkylation sites (tertiary alicyclic amines) is 1. The van der Waals surface area contributed by atoms with Gasteiger partial charge in [0.25, 0.3) is 0 Å². The van der Waals surface area contributed by atoms with Crippen LogP contribution in [0.2, 0.25) is 0 Å². The number of aromatic nitrogens is 1. The first-order valence-corrected chi connectivity index (χ1v) is 10.7. The van der Waals surface area contributed by atoms with Gasteiger partial charge in [-0.1, -0.05) is 44.2 Å². The smallest absolute Gasteiger partial charge is 0.191 e. The maximum absolute atomic E-state index is 4.69. The highest BCUT2D eigenvalue weighted by Crippen LogP contribution is 2.24. The van der Waals surface area contributed by atoms with Crippen molar-refractivity contribution in [1.29, 1.82) is 0 Å². The molecule has 1 saturated heterocycles. The molecular weight excluding hydrogens is 354 g/mol. The molecule has 1 aromatic carbocycles. The zero-order valence-electron chi connectivity index (χ0n) is 16.6. The second-order valence-electron chi connectivity index (χ2n) is 7.30. The lowest BCUT2D eigenvalue weighted by Gasteiger charge is -2.28. The number of benzene rings is 1. The lowest BCUT2D eigenvalue weighted by atomic mass is 10.1. The van der Waals surface area contributed by atoms with Crippen LogP contribution in [-0.4, -0.2) is 42.5 Å². The Hall–Kier alpha value is -1.92. The highest BCUT2D eigenvalue weighted by Gasteiger charge is 2.23. The van der Waals surface area contributed by atoms with Crippen molar-refractivity contribution in [1.82, 2.24) is 20.5 Å². The summed E-state index contributed by atoms with van der Waals surface area (Å²) < 4.78 is 0. The van der Waals surface area contributed by atoms with Gasteiger partial charge in [-0.05, 0) is 37.4 Å². The van der Waals surface area contributed by atoms with Gasteiger partial charge in [0.1, 0.15) is 5.01 Å². The zero-order chi connectivity index (χ0) is 19.1. The molecule has 0 spiro atoms. The Morgan fingerprint density at radius 2 is 1.93 bits per heavy atom. The first-order chi connectivity index (χ1) is 13.2. The number of aliphatic imine (C=N–C) groups is 1. The van der Waals surface area contributed by atoms with Crippen LogP contribution >= 0.6 is 11.3 Å². The van der Waals surface area contributed by atoms with E-state index >= 15 is 0 Å². The van der Waals surface area contributed by atoms with Crippen molar-refractivity contribution in [2.75, 3.05) is 26.7 Å². The Labute approximate surface area is 166 Å². The van der Waals surface area contributed by atoms with Crippen LogP contribution in [0.4, 0.5) is 0 Å². The zero-order valence-corrected chi connectivity index (χ0v) is 17.4. The number of hydrogen-bond donors (Lipinski definition) is 2. The van der Waals surface area contributed by atoms with Crippen molar-refractivity contribution >= 4 is 17.3 Å². The molecule has 2 N–H and O–H groups in total. The SMILES string of the molecule is CN=C(NCc1nc(C(C)C)cs1)NCC(c1ccccc1)N1CCCC1. The monoisotopic (exact) mass is 385 g/mol. The average Bonchev–Trinajstić information content (AvgIpc) is 3.37. The fraction of sp³-hybridized carbons (Fsp3) is 0.524. The standard InChI is InChI=1S/C21H31N5S/c1-16(2)18-15-27-20(25-18)14-24-21(22-3)23-13-19(26-11-7-8-12-26)17-9-5-4-6-10-17/h4-6,9-10,15-16,19H,7-8,11-14H2,1-3H3,(H2,22,23,24). The summed E-state index contributed by atoms with van der Waals surface area (Å²) in [6.07, 6.45) is 2.58. The number of thiazole rings is 1. The van der Waals surface area contributed by atoms with Crippen LogP contribution in [0.3, 0.4) is 0 Å². The number of nitrogens with one attached hydrogen (secondary N) is 2. The molecule has 1 fully saturated rings. The Balaban J connectivity index is 1.57. The fourth-order valence-corrected chi connectivity index (χ4v) is 4.33. The molecule has 1 aliphatic rings. The highest BCUT2D eigenvalue weighted by atomic mass is 32.1. The van der Waals surface area contributed by atoms with Gasteiger partial charge in [-0.3, -0.25) is 9.89 Å². The van der Waals surface area contributed by atoms with Gasteiger partial charge in [-0.15, -0.1) is 11.3 Å². The van der Waals surface area contributed by atoms with Crippen molar-refractivity contribution in [3.05, 3.63) is 52.0 Å². The lowest BCUT2D eigenvalue weighted by Crippen LogP contribution is -2.42. The van der Waals surface area contributed by atoms with E-state index in [1.54, 1.807) is 11.3 Å². The van der Waals surface area contributed by atoms with E-state index in [0.29, 0.717) is 18.5 Å². The third-order valence-corrected chi connectivity index (χ3v) is 5.89. The quantitative estimate of drug-likeness (QED) is 0.563. The molecule has 1 atom stereocenters. The number of rotatable bonds is 7. The van der Waals surface area contributed by atoms with Crippen molar-refractivity contribution in [3.63, 3.8) is 0 Å². The minimum absolute atomic E-state index is 0.375. The molecular formula is C21H31N5S. The minimum Gasteiger partial charge on any atom is -0.354 e. The molecule has 1 aliphatic heterocycles. The first kappa shape index (κ1) is 19.8. The van der Waals surface area contributed by atoms with Crippen LogP contribution in [0.5, 0.6) is 0 Å². The summed E-state index contributed by atoms with van der Waals surface area (Å²) in [5.41, 5.74) is 2.53. The van der Waals surface area contributed by atoms with Crippen molar-refractivity contribution in [3.8, 4) is 0 Å². The molecule has 0 aliphatic carbocycles. The van der Waals surface area contributed by atoms with Crippen LogP contribution in [0.1, 0.15) is 54.9 Å². The molecule has 6 heteroatoms. The molecule has 0 radical (unpaired) electrons. The van der Waals surface area contributed by atoms with Gasteiger partial charge >= 0.3 is 0 Å². The predicted octanol–water partition coefficient (Wildman–Crippen LogP) is 3.77. The van der Waals surface area contributed by atoms with Crippen LogP contribution < -0.4 is 10.6 Å². The Morgan fingerprint density at radius 1 is 1.19 bits per heavy atom. The van der Waals surface area contributed by atoms with Crippen LogP contribution in [0, 0.1) is 0 Å². The first-order valence-electron chi connectivity index (χ1n) is 9.85. The predicted molar refractivity (Wildman–Crippen MR) is 114 cm³/mol. The van der Waals surface area contributed by atoms with Gasteiger partial charge in [0.2, 0.25) is 0 Å². The van der Waals surface area contributed by atoms with Gasteiger partial charge < -0.3 is 10.6 Å². The summed E-state index contributed by atoms with van der Waals surface area (Å²) in [6, 6.07) is 11.2. The number of nitrogens with zero attached hydrogens (tertiary/aromatic N) is 3. The second kappa shape index (κ2) is 9.85. The molecule has 146 valence electrons. The molecule has 27 heavy (non-hydrogen) atoms. The maximum atomic E-state index is 4.69. The second-order valence-corrected chi connectivity index (χ2v) is 8.24. The van der Waals surface area contributed by atoms with Gasteiger partial charge in [0.05, 0.1) is 18.3 Å². The molecule has 2 aromatic rings. The van der Waals surface area contributed by atoms with Crippen LogP contribution in [-0.2, 0) is 6.54 Å². The largest absolute Gasteiger partial charge is 0.354 e. The van der Waals surface area contributed by atoms with E-state index in [-0.39, 0.29) is 0 Å². The van der Waals surface area contributed by atoms with E-state index < -0.39 is 0 Å². The van der Waals surface area contributed by atoms with E-state index in [4.69, 9.17) is 0 Å². The summed E-state index contributed by atoms with van der Waals surface area (Å²) in [5.74, 6) is 1.30. The third kappa shape index (κ3) is 5.53. The molecule has 2 heterocycles. The number of hydrogen-bond acceptors (Lipinski definition) is 4. The summed E-state index contributed by atoms with van der Waals surface area (Å²) in [6.45, 7) is 8.24. The van der Waals surface area contributed by atoms with Gasteiger partial charge in [0, 0.05) is 19.0 Å². The Morgan fingerprint density at radius 3 is 2.56 bits per heavy atom. The summed E-state index contributed by atoms with van der Waals surface area (Å²) >= 11 is 1.71. The van der Waals surface area contributed by atoms with E-state index in [1.165, 1.54) is 31.5 Å². The fourth-order valence-electron chi connectivity index (χ4n) is 3.43. The van der Waals surface area contributed by atoms with Crippen molar-refractivity contribution in [2.24, 2.45) is 4.99 Å². The summed E-state index contributed by atoms with van der Waals surface area (Å²) in [5, 5.41) is 10.2. The highest BCUT2D eigenvalue weighted by molar-refractivity contribution is 7.09.